The molecule has 2 aromatic carbocycles. The summed E-state index contributed by atoms with van der Waals surface area (Å²) in [6, 6.07) is 14.6. The predicted molar refractivity (Wildman–Crippen MR) is 82.6 cm³/mol. The third kappa shape index (κ3) is 2.91. The van der Waals surface area contributed by atoms with Crippen molar-refractivity contribution in [3.8, 4) is 0 Å². The highest BCUT2D eigenvalue weighted by molar-refractivity contribution is 6.03. The van der Waals surface area contributed by atoms with Crippen LogP contribution in [0.4, 0.5) is 11.4 Å². The Labute approximate surface area is 122 Å². The van der Waals surface area contributed by atoms with Crippen LogP contribution in [0, 0.1) is 10.1 Å². The van der Waals surface area contributed by atoms with Crippen LogP contribution >= 0.6 is 0 Å². The van der Waals surface area contributed by atoms with Crippen molar-refractivity contribution in [2.45, 2.75) is 19.3 Å². The fourth-order valence-electron chi connectivity index (χ4n) is 2.51. The maximum atomic E-state index is 10.6. The molecule has 0 radical (unpaired) electrons. The second-order valence-corrected chi connectivity index (χ2v) is 4.98. The molecule has 0 heterocycles. The van der Waals surface area contributed by atoms with Crippen molar-refractivity contribution >= 4 is 17.1 Å². The fourth-order valence-corrected chi connectivity index (χ4v) is 2.51. The Morgan fingerprint density at radius 3 is 2.57 bits per heavy atom. The lowest BCUT2D eigenvalue weighted by molar-refractivity contribution is -0.384. The second-order valence-electron chi connectivity index (χ2n) is 4.98. The molecule has 0 atom stereocenters. The fraction of sp³-hybridized carbons (Fsp3) is 0.188. The molecular weight excluding hydrogens is 266 g/mol. The second kappa shape index (κ2) is 5.75. The van der Waals surface area contributed by atoms with Gasteiger partial charge in [-0.05, 0) is 37.0 Å². The maximum absolute atomic E-state index is 10.6. The number of hydrogen-bond acceptors (Lipinski definition) is 4. The van der Waals surface area contributed by atoms with E-state index in [1.807, 2.05) is 12.1 Å². The molecule has 0 spiro atoms. The minimum atomic E-state index is -0.410. The molecule has 0 saturated heterocycles. The standard InChI is InChI=1S/C16H15N3O2/c20-19(21)14-10-8-13(9-11-14)17-18-16-7-3-5-12-4-1-2-6-15(12)16/h1-2,4,6,8-11,17H,3,5,7H2/b18-16-. The molecule has 5 nitrogen and oxygen atoms in total. The van der Waals surface area contributed by atoms with E-state index in [0.29, 0.717) is 0 Å². The third-order valence-electron chi connectivity index (χ3n) is 3.59. The van der Waals surface area contributed by atoms with Crippen molar-refractivity contribution in [3.63, 3.8) is 0 Å². The van der Waals surface area contributed by atoms with Gasteiger partial charge in [0.25, 0.3) is 5.69 Å². The van der Waals surface area contributed by atoms with Gasteiger partial charge in [-0.15, -0.1) is 0 Å². The normalized spacial score (nSPS) is 15.5. The van der Waals surface area contributed by atoms with E-state index < -0.39 is 4.92 Å². The number of benzene rings is 2. The van der Waals surface area contributed by atoms with E-state index in [1.54, 1.807) is 12.1 Å². The highest BCUT2D eigenvalue weighted by atomic mass is 16.6. The van der Waals surface area contributed by atoms with Crippen LogP contribution in [0.15, 0.2) is 53.6 Å². The summed E-state index contributed by atoms with van der Waals surface area (Å²) in [6.07, 6.45) is 3.13. The van der Waals surface area contributed by atoms with Crippen molar-refractivity contribution < 1.29 is 4.92 Å². The number of aryl methyl sites for hydroxylation is 1. The van der Waals surface area contributed by atoms with Crippen LogP contribution in [-0.2, 0) is 6.42 Å². The molecule has 0 bridgehead atoms. The van der Waals surface area contributed by atoms with Gasteiger partial charge in [-0.25, -0.2) is 0 Å². The summed E-state index contributed by atoms with van der Waals surface area (Å²) in [5, 5.41) is 15.1. The number of rotatable bonds is 3. The minimum absolute atomic E-state index is 0.0798. The van der Waals surface area contributed by atoms with E-state index >= 15 is 0 Å². The van der Waals surface area contributed by atoms with Crippen molar-refractivity contribution in [1.29, 1.82) is 0 Å². The topological polar surface area (TPSA) is 67.5 Å². The van der Waals surface area contributed by atoms with Gasteiger partial charge < -0.3 is 0 Å². The SMILES string of the molecule is O=[N+]([O-])c1ccc(N/N=C2/CCCc3ccccc32)cc1. The molecule has 1 aliphatic rings. The number of fused-ring (bicyclic) bond motifs is 1. The van der Waals surface area contributed by atoms with Gasteiger partial charge in [0.1, 0.15) is 0 Å². The Morgan fingerprint density at radius 1 is 1.05 bits per heavy atom. The first-order valence-corrected chi connectivity index (χ1v) is 6.89. The molecule has 0 fully saturated rings. The Bertz CT molecular complexity index is 693. The third-order valence-corrected chi connectivity index (χ3v) is 3.59. The van der Waals surface area contributed by atoms with Crippen molar-refractivity contribution in [3.05, 3.63) is 69.8 Å². The quantitative estimate of drug-likeness (QED) is 0.688. The molecule has 21 heavy (non-hydrogen) atoms. The zero-order valence-electron chi connectivity index (χ0n) is 11.5. The number of hydrogen-bond donors (Lipinski definition) is 1. The molecule has 0 amide bonds. The zero-order chi connectivity index (χ0) is 14.7. The zero-order valence-corrected chi connectivity index (χ0v) is 11.5. The molecule has 2 aromatic rings. The van der Waals surface area contributed by atoms with Crippen molar-refractivity contribution in [2.24, 2.45) is 5.10 Å². The van der Waals surface area contributed by atoms with Gasteiger partial charge >= 0.3 is 0 Å². The van der Waals surface area contributed by atoms with Crippen LogP contribution in [0.1, 0.15) is 24.0 Å². The summed E-state index contributed by atoms with van der Waals surface area (Å²) >= 11 is 0. The highest BCUT2D eigenvalue weighted by Gasteiger charge is 2.14. The van der Waals surface area contributed by atoms with Gasteiger partial charge in [0.15, 0.2) is 0 Å². The van der Waals surface area contributed by atoms with Crippen LogP contribution in [0.2, 0.25) is 0 Å². The van der Waals surface area contributed by atoms with Gasteiger partial charge in [-0.3, -0.25) is 15.5 Å². The maximum Gasteiger partial charge on any atom is 0.269 e. The lowest BCUT2D eigenvalue weighted by Crippen LogP contribution is -2.13. The monoisotopic (exact) mass is 281 g/mol. The Hall–Kier alpha value is -2.69. The number of nitro benzene ring substituents is 1. The largest absolute Gasteiger partial charge is 0.278 e. The van der Waals surface area contributed by atoms with Crippen LogP contribution in [0.5, 0.6) is 0 Å². The molecule has 0 aliphatic heterocycles. The van der Waals surface area contributed by atoms with Crippen LogP contribution < -0.4 is 5.43 Å². The van der Waals surface area contributed by atoms with E-state index in [9.17, 15) is 10.1 Å². The lowest BCUT2D eigenvalue weighted by Gasteiger charge is -2.17. The summed E-state index contributed by atoms with van der Waals surface area (Å²) < 4.78 is 0. The van der Waals surface area contributed by atoms with Gasteiger partial charge in [0.2, 0.25) is 0 Å². The number of non-ortho nitro benzene ring substituents is 1. The molecule has 0 unspecified atom stereocenters. The minimum Gasteiger partial charge on any atom is -0.278 e. The number of nitro groups is 1. The Kier molecular flexibility index (Phi) is 3.64. The first kappa shape index (κ1) is 13.3. The first-order chi connectivity index (χ1) is 10.2. The lowest BCUT2D eigenvalue weighted by atomic mass is 9.90. The van der Waals surface area contributed by atoms with E-state index in [1.165, 1.54) is 23.3 Å². The first-order valence-electron chi connectivity index (χ1n) is 6.89. The summed E-state index contributed by atoms with van der Waals surface area (Å²) in [7, 11) is 0. The highest BCUT2D eigenvalue weighted by Crippen LogP contribution is 2.22. The average Bonchev–Trinajstić information content (AvgIpc) is 2.53. The molecule has 0 saturated carbocycles. The van der Waals surface area contributed by atoms with Gasteiger partial charge in [0, 0.05) is 17.7 Å². The number of nitrogens with zero attached hydrogens (tertiary/aromatic N) is 2. The summed E-state index contributed by atoms with van der Waals surface area (Å²) in [5.41, 5.74) is 7.37. The van der Waals surface area contributed by atoms with Crippen LogP contribution in [0.25, 0.3) is 0 Å². The molecular formula is C16H15N3O2. The van der Waals surface area contributed by atoms with Crippen molar-refractivity contribution in [2.75, 3.05) is 5.43 Å². The molecule has 1 aliphatic carbocycles. The van der Waals surface area contributed by atoms with Gasteiger partial charge in [-0.2, -0.15) is 5.10 Å². The smallest absolute Gasteiger partial charge is 0.269 e. The summed E-state index contributed by atoms with van der Waals surface area (Å²) in [5.74, 6) is 0. The van der Waals surface area contributed by atoms with E-state index in [-0.39, 0.29) is 5.69 Å². The molecule has 3 rings (SSSR count). The summed E-state index contributed by atoms with van der Waals surface area (Å²) in [4.78, 5) is 10.2. The van der Waals surface area contributed by atoms with Crippen LogP contribution in [0.3, 0.4) is 0 Å². The van der Waals surface area contributed by atoms with Gasteiger partial charge in [0.05, 0.1) is 16.3 Å². The van der Waals surface area contributed by atoms with E-state index in [2.05, 4.69) is 22.7 Å². The van der Waals surface area contributed by atoms with Crippen LogP contribution in [-0.4, -0.2) is 10.6 Å². The Balaban J connectivity index is 1.79. The van der Waals surface area contributed by atoms with E-state index in [0.717, 1.165) is 30.7 Å². The van der Waals surface area contributed by atoms with Crippen molar-refractivity contribution in [1.82, 2.24) is 0 Å². The molecule has 5 heteroatoms. The molecule has 0 aromatic heterocycles. The summed E-state index contributed by atoms with van der Waals surface area (Å²) in [6.45, 7) is 0. The Morgan fingerprint density at radius 2 is 1.81 bits per heavy atom. The predicted octanol–water partition coefficient (Wildman–Crippen LogP) is 3.75. The number of nitrogens with one attached hydrogen (secondary N) is 1. The van der Waals surface area contributed by atoms with E-state index in [4.69, 9.17) is 0 Å². The molecule has 106 valence electrons. The van der Waals surface area contributed by atoms with Gasteiger partial charge in [-0.1, -0.05) is 24.3 Å². The average molecular weight is 281 g/mol. The number of anilines is 1. The molecule has 1 N–H and O–H groups in total. The number of hydrazone groups is 1.